The number of non-ortho nitro benzene ring substituents is 1. The van der Waals surface area contributed by atoms with Gasteiger partial charge >= 0.3 is 10.4 Å². The summed E-state index contributed by atoms with van der Waals surface area (Å²) in [5.41, 5.74) is 3.11. The van der Waals surface area contributed by atoms with Gasteiger partial charge in [0.15, 0.2) is 0 Å². The first-order valence-corrected chi connectivity index (χ1v) is 8.23. The molecule has 0 radical (unpaired) electrons. The molecule has 1 aliphatic rings. The summed E-state index contributed by atoms with van der Waals surface area (Å²) in [4.78, 5) is 10.8. The Bertz CT molecular complexity index is 1140. The maximum Gasteiger partial charge on any atom is 0.446 e. The van der Waals surface area contributed by atoms with Gasteiger partial charge in [-0.15, -0.1) is 0 Å². The van der Waals surface area contributed by atoms with Gasteiger partial charge in [-0.2, -0.15) is 8.42 Å². The molecule has 0 fully saturated rings. The second kappa shape index (κ2) is 4.76. The van der Waals surface area contributed by atoms with E-state index >= 15 is 0 Å². The molecule has 4 rings (SSSR count). The number of hydrogen-bond donors (Lipinski definition) is 1. The quantitative estimate of drug-likeness (QED) is 0.346. The van der Waals surface area contributed by atoms with E-state index in [2.05, 4.69) is 4.18 Å². The minimum absolute atomic E-state index is 0.0119. The molecule has 8 heteroatoms. The van der Waals surface area contributed by atoms with Crippen molar-refractivity contribution < 1.29 is 22.1 Å². The van der Waals surface area contributed by atoms with Crippen LogP contribution in [0.5, 0.6) is 5.75 Å². The molecule has 0 atom stereocenters. The molecule has 7 nitrogen and oxygen atoms in total. The van der Waals surface area contributed by atoms with Crippen molar-refractivity contribution in [3.63, 3.8) is 0 Å². The molecule has 3 aromatic rings. The van der Waals surface area contributed by atoms with Crippen molar-refractivity contribution in [1.29, 1.82) is 0 Å². The highest BCUT2D eigenvalue weighted by Gasteiger charge is 2.26. The molecule has 0 aliphatic heterocycles. The maximum atomic E-state index is 11.2. The average Bonchev–Trinajstić information content (AvgIpc) is 2.82. The topological polar surface area (TPSA) is 107 Å². The number of nitrogens with zero attached hydrogens (tertiary/aromatic N) is 1. The van der Waals surface area contributed by atoms with Gasteiger partial charge in [0.1, 0.15) is 5.75 Å². The number of rotatable bonds is 3. The number of benzene rings is 3. The highest BCUT2D eigenvalue weighted by atomic mass is 32.3. The minimum Gasteiger partial charge on any atom is -0.362 e. The van der Waals surface area contributed by atoms with E-state index < -0.39 is 15.3 Å². The summed E-state index contributed by atoms with van der Waals surface area (Å²) in [7, 11) is -4.62. The first-order valence-electron chi connectivity index (χ1n) is 6.87. The van der Waals surface area contributed by atoms with Gasteiger partial charge in [0.05, 0.1) is 10.3 Å². The van der Waals surface area contributed by atoms with Gasteiger partial charge in [0, 0.05) is 11.5 Å². The van der Waals surface area contributed by atoms with Crippen molar-refractivity contribution in [2.24, 2.45) is 0 Å². The van der Waals surface area contributed by atoms with Crippen LogP contribution in [0.3, 0.4) is 0 Å². The summed E-state index contributed by atoms with van der Waals surface area (Å²) >= 11 is 0. The molecule has 24 heavy (non-hydrogen) atoms. The molecule has 0 aromatic heterocycles. The van der Waals surface area contributed by atoms with Crippen molar-refractivity contribution in [2.75, 3.05) is 0 Å². The molecule has 0 unspecified atom stereocenters. The van der Waals surface area contributed by atoms with Crippen LogP contribution in [0.25, 0.3) is 33.0 Å². The van der Waals surface area contributed by atoms with Gasteiger partial charge in [-0.05, 0) is 52.6 Å². The SMILES string of the molecule is O=[N+]([O-])c1ccc2c3c(cccc13)-c1cc(OS(=O)(=O)O)ccc1-2. The Labute approximate surface area is 136 Å². The molecule has 0 bridgehead atoms. The van der Waals surface area contributed by atoms with Gasteiger partial charge in [-0.3, -0.25) is 14.7 Å². The largest absolute Gasteiger partial charge is 0.446 e. The predicted molar refractivity (Wildman–Crippen MR) is 87.2 cm³/mol. The molecule has 0 saturated carbocycles. The third-order valence-electron chi connectivity index (χ3n) is 3.99. The lowest BCUT2D eigenvalue weighted by atomic mass is 10.0. The molecule has 0 amide bonds. The smallest absolute Gasteiger partial charge is 0.362 e. The monoisotopic (exact) mass is 343 g/mol. The fraction of sp³-hybridized carbons (Fsp3) is 0. The third-order valence-corrected chi connectivity index (χ3v) is 4.39. The second-order valence-electron chi connectivity index (χ2n) is 5.34. The van der Waals surface area contributed by atoms with Crippen LogP contribution in [-0.2, 0) is 10.4 Å². The lowest BCUT2D eigenvalue weighted by Gasteiger charge is -2.05. The molecule has 1 aliphatic carbocycles. The lowest BCUT2D eigenvalue weighted by Crippen LogP contribution is -2.06. The molecule has 0 spiro atoms. The van der Waals surface area contributed by atoms with Crippen molar-refractivity contribution in [1.82, 2.24) is 0 Å². The summed E-state index contributed by atoms with van der Waals surface area (Å²) in [6.07, 6.45) is 0. The summed E-state index contributed by atoms with van der Waals surface area (Å²) in [6.45, 7) is 0. The van der Waals surface area contributed by atoms with Crippen molar-refractivity contribution in [3.8, 4) is 28.0 Å². The highest BCUT2D eigenvalue weighted by Crippen LogP contribution is 2.50. The predicted octanol–water partition coefficient (Wildman–Crippen LogP) is 3.58. The van der Waals surface area contributed by atoms with Crippen molar-refractivity contribution in [3.05, 3.63) is 58.6 Å². The van der Waals surface area contributed by atoms with Gasteiger partial charge in [-0.1, -0.05) is 12.1 Å². The Morgan fingerprint density at radius 3 is 2.38 bits per heavy atom. The van der Waals surface area contributed by atoms with Crippen molar-refractivity contribution >= 4 is 26.9 Å². The zero-order valence-electron chi connectivity index (χ0n) is 12.0. The van der Waals surface area contributed by atoms with E-state index in [0.29, 0.717) is 10.9 Å². The third kappa shape index (κ3) is 2.12. The zero-order chi connectivity index (χ0) is 17.1. The fourth-order valence-corrected chi connectivity index (χ4v) is 3.50. The van der Waals surface area contributed by atoms with Crippen LogP contribution in [0.4, 0.5) is 5.69 Å². The van der Waals surface area contributed by atoms with Gasteiger partial charge in [-0.25, -0.2) is 0 Å². The highest BCUT2D eigenvalue weighted by molar-refractivity contribution is 7.81. The zero-order valence-corrected chi connectivity index (χ0v) is 12.8. The van der Waals surface area contributed by atoms with Crippen LogP contribution < -0.4 is 4.18 Å². The molecule has 0 heterocycles. The van der Waals surface area contributed by atoms with Crippen molar-refractivity contribution in [2.45, 2.75) is 0 Å². The summed E-state index contributed by atoms with van der Waals surface area (Å²) < 4.78 is 35.1. The van der Waals surface area contributed by atoms with Gasteiger partial charge in [0.2, 0.25) is 0 Å². The first-order chi connectivity index (χ1) is 11.3. The van der Waals surface area contributed by atoms with Crippen LogP contribution in [0.2, 0.25) is 0 Å². The van der Waals surface area contributed by atoms with Crippen LogP contribution in [0.15, 0.2) is 48.5 Å². The minimum atomic E-state index is -4.62. The van der Waals surface area contributed by atoms with E-state index in [4.69, 9.17) is 4.55 Å². The Hall–Kier alpha value is -2.97. The van der Waals surface area contributed by atoms with E-state index in [9.17, 15) is 18.5 Å². The van der Waals surface area contributed by atoms with Crippen LogP contribution in [-0.4, -0.2) is 17.9 Å². The van der Waals surface area contributed by atoms with Crippen LogP contribution >= 0.6 is 0 Å². The van der Waals surface area contributed by atoms with Gasteiger partial charge in [0.25, 0.3) is 5.69 Å². The first kappa shape index (κ1) is 14.6. The standard InChI is InChI=1S/C16H9NO6S/c18-17(19)15-7-6-12-10-5-4-9(23-24(20,21)22)8-14(10)11-2-1-3-13(15)16(11)12/h1-8H,(H,20,21,22). The van der Waals surface area contributed by atoms with Gasteiger partial charge < -0.3 is 4.18 Å². The fourth-order valence-electron chi connectivity index (χ4n) is 3.15. The van der Waals surface area contributed by atoms with Crippen LogP contribution in [0.1, 0.15) is 0 Å². The normalized spacial score (nSPS) is 12.2. The average molecular weight is 343 g/mol. The molecular formula is C16H9NO6S. The molecule has 120 valence electrons. The Morgan fingerprint density at radius 2 is 1.67 bits per heavy atom. The molecule has 1 N–H and O–H groups in total. The number of nitro groups is 1. The maximum absolute atomic E-state index is 11.2. The van der Waals surface area contributed by atoms with E-state index in [1.807, 2.05) is 0 Å². The summed E-state index contributed by atoms with van der Waals surface area (Å²) in [5.74, 6) is -0.0319. The number of nitro benzene ring substituents is 1. The summed E-state index contributed by atoms with van der Waals surface area (Å²) in [6, 6.07) is 12.9. The Kier molecular flexibility index (Phi) is 2.90. The Balaban J connectivity index is 2.00. The van der Waals surface area contributed by atoms with E-state index in [-0.39, 0.29) is 11.4 Å². The number of fused-ring (bicyclic) bond motifs is 3. The Morgan fingerprint density at radius 1 is 0.958 bits per heavy atom. The molecule has 3 aromatic carbocycles. The summed E-state index contributed by atoms with van der Waals surface area (Å²) in [5, 5.41) is 12.5. The number of hydrogen-bond acceptors (Lipinski definition) is 5. The molecular weight excluding hydrogens is 334 g/mol. The van der Waals surface area contributed by atoms with E-state index in [1.165, 1.54) is 18.2 Å². The van der Waals surface area contributed by atoms with Crippen LogP contribution in [0, 0.1) is 10.1 Å². The van der Waals surface area contributed by atoms with E-state index in [1.54, 1.807) is 30.3 Å². The second-order valence-corrected chi connectivity index (χ2v) is 6.36. The lowest BCUT2D eigenvalue weighted by molar-refractivity contribution is -0.383. The molecule has 0 saturated heterocycles. The van der Waals surface area contributed by atoms with E-state index in [0.717, 1.165) is 22.1 Å².